The van der Waals surface area contributed by atoms with E-state index in [0.29, 0.717) is 5.69 Å². The number of rotatable bonds is 5. The molecular formula is C22H19F3N2O4S. The Morgan fingerprint density at radius 3 is 2.25 bits per heavy atom. The van der Waals surface area contributed by atoms with Gasteiger partial charge in [0.1, 0.15) is 0 Å². The molecule has 0 radical (unpaired) electrons. The Balaban J connectivity index is 1.91. The zero-order chi connectivity index (χ0) is 23.5. The maximum atomic E-state index is 13.2. The predicted octanol–water partition coefficient (Wildman–Crippen LogP) is 6.61. The van der Waals surface area contributed by atoms with Crippen molar-refractivity contribution in [3.8, 4) is 11.5 Å². The number of carbonyl (C=O) groups is 2. The lowest BCUT2D eigenvalue weighted by Crippen LogP contribution is -2.20. The Morgan fingerprint density at radius 2 is 1.62 bits per heavy atom. The molecule has 0 aliphatic heterocycles. The molecule has 0 aliphatic carbocycles. The Hall–Kier alpha value is -3.53. The number of benzene rings is 2. The SMILES string of the molecule is COC(=O)c1sccc1Oc1ccc(C(F)(F)F)cc1NC(=O)Nc1cc(C)cc(C)c1. The largest absolute Gasteiger partial charge is 0.465 e. The van der Waals surface area contributed by atoms with E-state index in [1.807, 2.05) is 19.9 Å². The number of aryl methyl sites for hydroxylation is 2. The van der Waals surface area contributed by atoms with Crippen molar-refractivity contribution >= 4 is 34.7 Å². The third-order valence-corrected chi connectivity index (χ3v) is 5.13. The van der Waals surface area contributed by atoms with E-state index in [9.17, 15) is 22.8 Å². The van der Waals surface area contributed by atoms with Crippen LogP contribution in [-0.4, -0.2) is 19.1 Å². The molecule has 3 aromatic rings. The summed E-state index contributed by atoms with van der Waals surface area (Å²) in [7, 11) is 1.20. The number of methoxy groups -OCH3 is 1. The number of amides is 2. The smallest absolute Gasteiger partial charge is 0.416 e. The van der Waals surface area contributed by atoms with E-state index in [-0.39, 0.29) is 22.1 Å². The summed E-state index contributed by atoms with van der Waals surface area (Å²) in [4.78, 5) is 24.5. The van der Waals surface area contributed by atoms with Crippen molar-refractivity contribution in [3.63, 3.8) is 0 Å². The number of ether oxygens (including phenoxy) is 2. The van der Waals surface area contributed by atoms with Crippen molar-refractivity contribution in [1.29, 1.82) is 0 Å². The third kappa shape index (κ3) is 5.58. The lowest BCUT2D eigenvalue weighted by molar-refractivity contribution is -0.137. The van der Waals surface area contributed by atoms with E-state index in [1.54, 1.807) is 17.5 Å². The van der Waals surface area contributed by atoms with Crippen molar-refractivity contribution in [2.45, 2.75) is 20.0 Å². The quantitative estimate of drug-likeness (QED) is 0.417. The van der Waals surface area contributed by atoms with Gasteiger partial charge >= 0.3 is 18.2 Å². The number of halogens is 3. The molecule has 2 N–H and O–H groups in total. The van der Waals surface area contributed by atoms with E-state index in [4.69, 9.17) is 4.74 Å². The maximum absolute atomic E-state index is 13.2. The number of hydrogen-bond acceptors (Lipinski definition) is 5. The fraction of sp³-hybridized carbons (Fsp3) is 0.182. The van der Waals surface area contributed by atoms with Crippen LogP contribution >= 0.6 is 11.3 Å². The van der Waals surface area contributed by atoms with Crippen molar-refractivity contribution in [1.82, 2.24) is 0 Å². The van der Waals surface area contributed by atoms with Gasteiger partial charge < -0.3 is 20.1 Å². The highest BCUT2D eigenvalue weighted by Gasteiger charge is 2.31. The molecule has 0 bridgehead atoms. The summed E-state index contributed by atoms with van der Waals surface area (Å²) in [5.74, 6) is -0.625. The standard InChI is InChI=1S/C22H19F3N2O4S/c1-12-8-13(2)10-15(9-12)26-21(29)27-16-11-14(22(23,24)25)4-5-17(16)31-18-6-7-32-19(18)20(28)30-3/h4-11H,1-3H3,(H2,26,27,29). The van der Waals surface area contributed by atoms with Gasteiger partial charge in [-0.1, -0.05) is 6.07 Å². The number of alkyl halides is 3. The van der Waals surface area contributed by atoms with Gasteiger partial charge in [0.05, 0.1) is 18.4 Å². The van der Waals surface area contributed by atoms with E-state index >= 15 is 0 Å². The molecule has 3 rings (SSSR count). The molecule has 168 valence electrons. The van der Waals surface area contributed by atoms with Crippen LogP contribution in [0.1, 0.15) is 26.4 Å². The molecule has 10 heteroatoms. The average Bonchev–Trinajstić information content (AvgIpc) is 3.15. The number of thiophene rings is 1. The van der Waals surface area contributed by atoms with E-state index < -0.39 is 23.7 Å². The van der Waals surface area contributed by atoms with Gasteiger partial charge in [-0.05, 0) is 66.8 Å². The molecule has 2 amide bonds. The summed E-state index contributed by atoms with van der Waals surface area (Å²) in [6.45, 7) is 3.71. The summed E-state index contributed by atoms with van der Waals surface area (Å²) >= 11 is 1.05. The molecule has 1 heterocycles. The Morgan fingerprint density at radius 1 is 0.938 bits per heavy atom. The molecule has 0 spiro atoms. The Bertz CT molecular complexity index is 1140. The second kappa shape index (κ2) is 9.31. The molecule has 0 atom stereocenters. The van der Waals surface area contributed by atoms with Gasteiger partial charge in [-0.25, -0.2) is 9.59 Å². The zero-order valence-electron chi connectivity index (χ0n) is 17.3. The minimum absolute atomic E-state index is 0.0721. The molecule has 0 saturated carbocycles. The number of urea groups is 1. The van der Waals surface area contributed by atoms with Crippen LogP contribution in [-0.2, 0) is 10.9 Å². The molecule has 2 aromatic carbocycles. The van der Waals surface area contributed by atoms with Crippen LogP contribution in [0.25, 0.3) is 0 Å². The van der Waals surface area contributed by atoms with Crippen molar-refractivity contribution in [3.05, 3.63) is 69.4 Å². The monoisotopic (exact) mass is 464 g/mol. The van der Waals surface area contributed by atoms with Crippen LogP contribution in [0.4, 0.5) is 29.3 Å². The molecule has 32 heavy (non-hydrogen) atoms. The Kier molecular flexibility index (Phi) is 6.73. The van der Waals surface area contributed by atoms with Crippen molar-refractivity contribution in [2.24, 2.45) is 0 Å². The molecule has 0 aliphatic rings. The van der Waals surface area contributed by atoms with Crippen molar-refractivity contribution in [2.75, 3.05) is 17.7 Å². The fourth-order valence-corrected chi connectivity index (χ4v) is 3.70. The second-order valence-corrected chi connectivity index (χ2v) is 7.79. The fourth-order valence-electron chi connectivity index (χ4n) is 2.96. The van der Waals surface area contributed by atoms with E-state index in [2.05, 4.69) is 15.4 Å². The number of anilines is 2. The lowest BCUT2D eigenvalue weighted by Gasteiger charge is -2.16. The summed E-state index contributed by atoms with van der Waals surface area (Å²) in [5, 5.41) is 6.57. The molecule has 0 fully saturated rings. The maximum Gasteiger partial charge on any atom is 0.416 e. The number of esters is 1. The Labute approximate surface area is 186 Å². The molecule has 1 aromatic heterocycles. The van der Waals surface area contributed by atoms with Gasteiger partial charge in [-0.3, -0.25) is 0 Å². The minimum atomic E-state index is -4.63. The lowest BCUT2D eigenvalue weighted by atomic mass is 10.1. The summed E-state index contributed by atoms with van der Waals surface area (Å²) in [6, 6.07) is 8.77. The molecule has 0 unspecified atom stereocenters. The molecule has 6 nitrogen and oxygen atoms in total. The van der Waals surface area contributed by atoms with Gasteiger partial charge in [0.15, 0.2) is 16.4 Å². The van der Waals surface area contributed by atoms with Gasteiger partial charge in [0, 0.05) is 5.69 Å². The van der Waals surface area contributed by atoms with E-state index in [0.717, 1.165) is 40.7 Å². The highest BCUT2D eigenvalue weighted by Crippen LogP contribution is 2.38. The number of hydrogen-bond donors (Lipinski definition) is 2. The summed E-state index contributed by atoms with van der Waals surface area (Å²) in [5.41, 5.74) is 1.13. The van der Waals surface area contributed by atoms with Gasteiger partial charge in [0.25, 0.3) is 0 Å². The third-order valence-electron chi connectivity index (χ3n) is 4.25. The number of nitrogens with one attached hydrogen (secondary N) is 2. The first-order valence-electron chi connectivity index (χ1n) is 9.28. The normalized spacial score (nSPS) is 11.1. The topological polar surface area (TPSA) is 76.7 Å². The van der Waals surface area contributed by atoms with Crippen LogP contribution in [0.2, 0.25) is 0 Å². The van der Waals surface area contributed by atoms with Crippen LogP contribution in [0.5, 0.6) is 11.5 Å². The highest BCUT2D eigenvalue weighted by molar-refractivity contribution is 7.12. The predicted molar refractivity (Wildman–Crippen MR) is 116 cm³/mol. The first-order valence-corrected chi connectivity index (χ1v) is 10.2. The molecular weight excluding hydrogens is 445 g/mol. The second-order valence-electron chi connectivity index (χ2n) is 6.87. The van der Waals surface area contributed by atoms with Gasteiger partial charge in [-0.2, -0.15) is 13.2 Å². The minimum Gasteiger partial charge on any atom is -0.465 e. The first-order chi connectivity index (χ1) is 15.1. The highest BCUT2D eigenvalue weighted by atomic mass is 32.1. The van der Waals surface area contributed by atoms with Crippen molar-refractivity contribution < 1.29 is 32.2 Å². The molecule has 0 saturated heterocycles. The van der Waals surface area contributed by atoms with Crippen LogP contribution in [0.15, 0.2) is 47.8 Å². The number of carbonyl (C=O) groups excluding carboxylic acids is 2. The van der Waals surface area contributed by atoms with Gasteiger partial charge in [-0.15, -0.1) is 11.3 Å². The summed E-state index contributed by atoms with van der Waals surface area (Å²) < 4.78 is 50.1. The van der Waals surface area contributed by atoms with E-state index in [1.165, 1.54) is 13.2 Å². The van der Waals surface area contributed by atoms with Crippen LogP contribution in [0.3, 0.4) is 0 Å². The summed E-state index contributed by atoms with van der Waals surface area (Å²) in [6.07, 6.45) is -4.63. The first kappa shape index (κ1) is 23.1. The zero-order valence-corrected chi connectivity index (χ0v) is 18.1. The van der Waals surface area contributed by atoms with Gasteiger partial charge in [0.2, 0.25) is 0 Å². The van der Waals surface area contributed by atoms with Crippen LogP contribution in [0, 0.1) is 13.8 Å². The van der Waals surface area contributed by atoms with Crippen LogP contribution < -0.4 is 15.4 Å². The average molecular weight is 464 g/mol.